The zero-order chi connectivity index (χ0) is 13.1. The van der Waals surface area contributed by atoms with Crippen molar-refractivity contribution in [3.63, 3.8) is 0 Å². The van der Waals surface area contributed by atoms with Crippen LogP contribution in [0, 0.1) is 11.8 Å². The summed E-state index contributed by atoms with van der Waals surface area (Å²) in [5.74, 6) is 2.78. The van der Waals surface area contributed by atoms with Gasteiger partial charge in [-0.1, -0.05) is 24.6 Å². The summed E-state index contributed by atoms with van der Waals surface area (Å²) in [4.78, 5) is 13.2. The predicted molar refractivity (Wildman–Crippen MR) is 79.2 cm³/mol. The van der Waals surface area contributed by atoms with Gasteiger partial charge in [-0.15, -0.1) is 11.8 Å². The normalized spacial score (nSPS) is 28.5. The molecule has 0 heterocycles. The molecular weight excluding hydrogens is 254 g/mol. The average Bonchev–Trinajstić information content (AvgIpc) is 3.02. The molecule has 0 saturated heterocycles. The van der Waals surface area contributed by atoms with Crippen LogP contribution in [0.4, 0.5) is 0 Å². The summed E-state index contributed by atoms with van der Waals surface area (Å²) < 4.78 is 0. The van der Waals surface area contributed by atoms with Crippen molar-refractivity contribution in [2.45, 2.75) is 43.0 Å². The number of hydrogen-bond acceptors (Lipinski definition) is 2. The molecule has 2 aliphatic carbocycles. The van der Waals surface area contributed by atoms with Gasteiger partial charge in [0.1, 0.15) is 0 Å². The molecule has 0 spiro atoms. The molecule has 2 bridgehead atoms. The third-order valence-corrected chi connectivity index (χ3v) is 5.44. The summed E-state index contributed by atoms with van der Waals surface area (Å²) in [6, 6.07) is 10.8. The number of benzene rings is 1. The minimum Gasteiger partial charge on any atom is -0.353 e. The fourth-order valence-corrected chi connectivity index (χ4v) is 4.35. The molecule has 2 fully saturated rings. The van der Waals surface area contributed by atoms with Crippen LogP contribution in [-0.2, 0) is 4.79 Å². The second kappa shape index (κ2) is 6.00. The highest BCUT2D eigenvalue weighted by molar-refractivity contribution is 7.99. The Balaban J connectivity index is 1.38. The van der Waals surface area contributed by atoms with Gasteiger partial charge in [0.2, 0.25) is 5.91 Å². The van der Waals surface area contributed by atoms with Crippen LogP contribution >= 0.6 is 11.8 Å². The van der Waals surface area contributed by atoms with Crippen LogP contribution in [0.25, 0.3) is 0 Å². The number of amides is 1. The smallest absolute Gasteiger partial charge is 0.221 e. The van der Waals surface area contributed by atoms with E-state index in [1.165, 1.54) is 30.6 Å². The van der Waals surface area contributed by atoms with Crippen molar-refractivity contribution in [2.24, 2.45) is 11.8 Å². The first-order valence-electron chi connectivity index (χ1n) is 7.28. The van der Waals surface area contributed by atoms with Crippen LogP contribution in [0.5, 0.6) is 0 Å². The van der Waals surface area contributed by atoms with Gasteiger partial charge in [0.15, 0.2) is 0 Å². The zero-order valence-corrected chi connectivity index (χ0v) is 12.0. The number of hydrogen-bond donors (Lipinski definition) is 1. The summed E-state index contributed by atoms with van der Waals surface area (Å²) in [6.45, 7) is 0. The van der Waals surface area contributed by atoms with Crippen molar-refractivity contribution in [2.75, 3.05) is 5.75 Å². The van der Waals surface area contributed by atoms with E-state index < -0.39 is 0 Å². The van der Waals surface area contributed by atoms with E-state index in [9.17, 15) is 4.79 Å². The molecule has 19 heavy (non-hydrogen) atoms. The highest BCUT2D eigenvalue weighted by atomic mass is 32.2. The summed E-state index contributed by atoms with van der Waals surface area (Å²) in [5.41, 5.74) is 0. The summed E-state index contributed by atoms with van der Waals surface area (Å²) >= 11 is 1.76. The molecular formula is C16H21NOS. The first-order valence-corrected chi connectivity index (χ1v) is 8.27. The quantitative estimate of drug-likeness (QED) is 0.834. The van der Waals surface area contributed by atoms with E-state index in [0.717, 1.165) is 17.6 Å². The molecule has 1 amide bonds. The fourth-order valence-electron chi connectivity index (χ4n) is 3.48. The average molecular weight is 275 g/mol. The Bertz CT molecular complexity index is 434. The topological polar surface area (TPSA) is 29.1 Å². The van der Waals surface area contributed by atoms with E-state index in [-0.39, 0.29) is 5.91 Å². The summed E-state index contributed by atoms with van der Waals surface area (Å²) in [6.07, 6.45) is 5.93. The number of fused-ring (bicyclic) bond motifs is 2. The molecule has 0 aromatic heterocycles. The van der Waals surface area contributed by atoms with Crippen LogP contribution in [0.1, 0.15) is 32.1 Å². The van der Waals surface area contributed by atoms with E-state index >= 15 is 0 Å². The van der Waals surface area contributed by atoms with Crippen molar-refractivity contribution in [1.82, 2.24) is 5.32 Å². The highest BCUT2D eigenvalue weighted by Crippen LogP contribution is 2.44. The van der Waals surface area contributed by atoms with Gasteiger partial charge in [-0.25, -0.2) is 0 Å². The number of nitrogens with one attached hydrogen (secondary N) is 1. The molecule has 2 nitrogen and oxygen atoms in total. The Labute approximate surface area is 119 Å². The molecule has 2 saturated carbocycles. The minimum absolute atomic E-state index is 0.237. The Morgan fingerprint density at radius 2 is 2.05 bits per heavy atom. The van der Waals surface area contributed by atoms with E-state index in [4.69, 9.17) is 0 Å². The van der Waals surface area contributed by atoms with E-state index in [2.05, 4.69) is 17.4 Å². The van der Waals surface area contributed by atoms with Crippen molar-refractivity contribution in [1.29, 1.82) is 0 Å². The highest BCUT2D eigenvalue weighted by Gasteiger charge is 2.39. The monoisotopic (exact) mass is 275 g/mol. The zero-order valence-electron chi connectivity index (χ0n) is 11.2. The van der Waals surface area contributed by atoms with Gasteiger partial charge in [-0.05, 0) is 43.2 Å². The summed E-state index contributed by atoms with van der Waals surface area (Å²) in [5, 5.41) is 3.24. The molecule has 0 aliphatic heterocycles. The maximum absolute atomic E-state index is 11.9. The molecule has 0 radical (unpaired) electrons. The van der Waals surface area contributed by atoms with Crippen LogP contribution in [0.15, 0.2) is 35.2 Å². The molecule has 1 N–H and O–H groups in total. The van der Waals surface area contributed by atoms with E-state index in [0.29, 0.717) is 12.5 Å². The van der Waals surface area contributed by atoms with Gasteiger partial charge in [-0.2, -0.15) is 0 Å². The van der Waals surface area contributed by atoms with Crippen LogP contribution in [0.2, 0.25) is 0 Å². The van der Waals surface area contributed by atoms with Crippen molar-refractivity contribution in [3.05, 3.63) is 30.3 Å². The lowest BCUT2D eigenvalue weighted by atomic mass is 9.95. The number of carbonyl (C=O) groups is 1. The molecule has 1 aromatic carbocycles. The maximum Gasteiger partial charge on any atom is 0.221 e. The van der Waals surface area contributed by atoms with Crippen LogP contribution in [0.3, 0.4) is 0 Å². The first kappa shape index (κ1) is 13.0. The number of rotatable bonds is 5. The number of thioether (sulfide) groups is 1. The Kier molecular flexibility index (Phi) is 4.12. The molecule has 3 heteroatoms. The van der Waals surface area contributed by atoms with E-state index in [1.807, 2.05) is 18.2 Å². The standard InChI is InChI=1S/C16H21NOS/c18-16(8-9-19-14-4-2-1-3-5-14)17-15-11-12-6-7-13(15)10-12/h1-5,12-13,15H,6-11H2,(H,17,18)/t12-,13+,15-/m0/s1. The third kappa shape index (κ3) is 3.33. The molecule has 0 unspecified atom stereocenters. The molecule has 3 rings (SSSR count). The second-order valence-electron chi connectivity index (χ2n) is 5.76. The largest absolute Gasteiger partial charge is 0.353 e. The first-order chi connectivity index (χ1) is 9.31. The molecule has 1 aromatic rings. The van der Waals surface area contributed by atoms with Crippen LogP contribution < -0.4 is 5.32 Å². The van der Waals surface area contributed by atoms with Gasteiger partial charge in [0, 0.05) is 23.1 Å². The van der Waals surface area contributed by atoms with Gasteiger partial charge in [0.25, 0.3) is 0 Å². The lowest BCUT2D eigenvalue weighted by Crippen LogP contribution is -2.38. The van der Waals surface area contributed by atoms with Crippen LogP contribution in [-0.4, -0.2) is 17.7 Å². The van der Waals surface area contributed by atoms with Gasteiger partial charge in [0.05, 0.1) is 0 Å². The Hall–Kier alpha value is -0.960. The van der Waals surface area contributed by atoms with Crippen molar-refractivity contribution < 1.29 is 4.79 Å². The summed E-state index contributed by atoms with van der Waals surface area (Å²) in [7, 11) is 0. The second-order valence-corrected chi connectivity index (χ2v) is 6.93. The van der Waals surface area contributed by atoms with Gasteiger partial charge in [-0.3, -0.25) is 4.79 Å². The Morgan fingerprint density at radius 3 is 2.74 bits per heavy atom. The molecule has 102 valence electrons. The Morgan fingerprint density at radius 1 is 1.21 bits per heavy atom. The third-order valence-electron chi connectivity index (χ3n) is 4.43. The van der Waals surface area contributed by atoms with Crippen molar-refractivity contribution in [3.8, 4) is 0 Å². The minimum atomic E-state index is 0.237. The van der Waals surface area contributed by atoms with E-state index in [1.54, 1.807) is 11.8 Å². The molecule has 2 aliphatic rings. The maximum atomic E-state index is 11.9. The molecule has 3 atom stereocenters. The fraction of sp³-hybridized carbons (Fsp3) is 0.562. The lowest BCUT2D eigenvalue weighted by Gasteiger charge is -2.22. The lowest BCUT2D eigenvalue weighted by molar-refractivity contribution is -0.121. The van der Waals surface area contributed by atoms with Gasteiger partial charge >= 0.3 is 0 Å². The number of carbonyl (C=O) groups excluding carboxylic acids is 1. The predicted octanol–water partition coefficient (Wildman–Crippen LogP) is 3.47. The van der Waals surface area contributed by atoms with Gasteiger partial charge < -0.3 is 5.32 Å². The SMILES string of the molecule is O=C(CCSc1ccccc1)N[C@H]1C[C@H]2CC[C@@H]1C2. The van der Waals surface area contributed by atoms with Crippen molar-refractivity contribution >= 4 is 17.7 Å².